The largest absolute Gasteiger partial charge is 0.383 e. The molecule has 0 spiro atoms. The number of carbonyl (C=O) groups is 1. The highest BCUT2D eigenvalue weighted by Gasteiger charge is 2.22. The number of aromatic amines is 1. The van der Waals surface area contributed by atoms with Gasteiger partial charge in [-0.25, -0.2) is 4.79 Å². The van der Waals surface area contributed by atoms with Crippen LogP contribution in [0.15, 0.2) is 9.59 Å². The van der Waals surface area contributed by atoms with E-state index in [1.165, 1.54) is 4.57 Å². The van der Waals surface area contributed by atoms with Crippen molar-refractivity contribution in [1.82, 2.24) is 9.55 Å². The summed E-state index contributed by atoms with van der Waals surface area (Å²) in [5, 5.41) is 2.76. The highest BCUT2D eigenvalue weighted by molar-refractivity contribution is 5.84. The van der Waals surface area contributed by atoms with Gasteiger partial charge in [0, 0.05) is 6.54 Å². The van der Waals surface area contributed by atoms with Crippen molar-refractivity contribution in [3.63, 3.8) is 0 Å². The SMILES string of the molecule is CCCCn1c(N)c(NC(C(N)=O)C(C)C)c(=O)[nH]c1=O. The molecule has 8 heteroatoms. The smallest absolute Gasteiger partial charge is 0.330 e. The first-order valence-electron chi connectivity index (χ1n) is 6.98. The molecule has 1 aromatic heterocycles. The standard InChI is InChI=1S/C13H23N5O3/c1-4-5-6-18-10(14)9(12(20)17-13(18)21)16-8(7(2)3)11(15)19/h7-8,16H,4-6,14H2,1-3H3,(H2,15,19)(H,17,20,21). The van der Waals surface area contributed by atoms with E-state index in [1.54, 1.807) is 13.8 Å². The average molecular weight is 297 g/mol. The summed E-state index contributed by atoms with van der Waals surface area (Å²) in [5.74, 6) is -0.698. The van der Waals surface area contributed by atoms with Crippen LogP contribution < -0.4 is 28.0 Å². The van der Waals surface area contributed by atoms with Crippen molar-refractivity contribution in [2.45, 2.75) is 46.2 Å². The van der Waals surface area contributed by atoms with Gasteiger partial charge in [0.1, 0.15) is 17.5 Å². The highest BCUT2D eigenvalue weighted by atomic mass is 16.2. The maximum atomic E-state index is 11.9. The Kier molecular flexibility index (Phi) is 5.57. The Morgan fingerprint density at radius 1 is 1.38 bits per heavy atom. The van der Waals surface area contributed by atoms with E-state index in [1.807, 2.05) is 6.92 Å². The molecule has 0 aromatic carbocycles. The van der Waals surface area contributed by atoms with Crippen molar-refractivity contribution < 1.29 is 4.79 Å². The van der Waals surface area contributed by atoms with Gasteiger partial charge in [0.2, 0.25) is 5.91 Å². The molecule has 0 saturated heterocycles. The molecule has 118 valence electrons. The fourth-order valence-corrected chi connectivity index (χ4v) is 1.99. The van der Waals surface area contributed by atoms with Crippen LogP contribution in [0.5, 0.6) is 0 Å². The van der Waals surface area contributed by atoms with Crippen LogP contribution in [-0.4, -0.2) is 21.5 Å². The number of nitrogens with two attached hydrogens (primary N) is 2. The van der Waals surface area contributed by atoms with Crippen molar-refractivity contribution >= 4 is 17.4 Å². The number of rotatable bonds is 7. The Labute approximate surface area is 122 Å². The molecule has 1 aromatic rings. The lowest BCUT2D eigenvalue weighted by Gasteiger charge is -2.21. The Balaban J connectivity index is 3.26. The number of amides is 1. The van der Waals surface area contributed by atoms with E-state index in [-0.39, 0.29) is 17.4 Å². The number of hydrogen-bond acceptors (Lipinski definition) is 5. The second kappa shape index (κ2) is 6.96. The average Bonchev–Trinajstić information content (AvgIpc) is 2.37. The Morgan fingerprint density at radius 3 is 2.48 bits per heavy atom. The third-order valence-electron chi connectivity index (χ3n) is 3.25. The van der Waals surface area contributed by atoms with Gasteiger partial charge in [-0.1, -0.05) is 27.2 Å². The van der Waals surface area contributed by atoms with Gasteiger partial charge in [-0.3, -0.25) is 19.1 Å². The molecular weight excluding hydrogens is 274 g/mol. The highest BCUT2D eigenvalue weighted by Crippen LogP contribution is 2.15. The second-order valence-electron chi connectivity index (χ2n) is 5.29. The number of aromatic nitrogens is 2. The molecule has 0 aliphatic rings. The Morgan fingerprint density at radius 2 is 2.00 bits per heavy atom. The lowest BCUT2D eigenvalue weighted by atomic mass is 10.0. The third-order valence-corrected chi connectivity index (χ3v) is 3.25. The van der Waals surface area contributed by atoms with E-state index < -0.39 is 23.2 Å². The number of H-pyrrole nitrogens is 1. The Bertz CT molecular complexity index is 617. The zero-order valence-electron chi connectivity index (χ0n) is 12.6. The van der Waals surface area contributed by atoms with Crippen LogP contribution >= 0.6 is 0 Å². The van der Waals surface area contributed by atoms with Crippen LogP contribution in [0.3, 0.4) is 0 Å². The van der Waals surface area contributed by atoms with Crippen molar-refractivity contribution in [3.8, 4) is 0 Å². The first-order chi connectivity index (χ1) is 9.79. The van der Waals surface area contributed by atoms with Crippen LogP contribution in [0.4, 0.5) is 11.5 Å². The predicted molar refractivity (Wildman–Crippen MR) is 82.1 cm³/mol. The number of nitrogens with zero attached hydrogens (tertiary/aromatic N) is 1. The summed E-state index contributed by atoms with van der Waals surface area (Å²) in [5.41, 5.74) is 10.0. The van der Waals surface area contributed by atoms with Gasteiger partial charge in [0.15, 0.2) is 0 Å². The van der Waals surface area contributed by atoms with Crippen molar-refractivity contribution in [1.29, 1.82) is 0 Å². The molecule has 1 amide bonds. The van der Waals surface area contributed by atoms with Gasteiger partial charge >= 0.3 is 5.69 Å². The normalized spacial score (nSPS) is 12.4. The Hall–Kier alpha value is -2.25. The number of anilines is 2. The van der Waals surface area contributed by atoms with Crippen molar-refractivity contribution in [2.24, 2.45) is 11.7 Å². The number of unbranched alkanes of at least 4 members (excludes halogenated alkanes) is 1. The van der Waals surface area contributed by atoms with E-state index >= 15 is 0 Å². The molecule has 1 rings (SSSR count). The molecule has 0 radical (unpaired) electrons. The molecule has 0 bridgehead atoms. The molecule has 1 heterocycles. The van der Waals surface area contributed by atoms with E-state index in [4.69, 9.17) is 11.5 Å². The molecule has 21 heavy (non-hydrogen) atoms. The molecule has 0 saturated carbocycles. The van der Waals surface area contributed by atoms with Crippen LogP contribution in [0, 0.1) is 5.92 Å². The second-order valence-corrected chi connectivity index (χ2v) is 5.29. The minimum Gasteiger partial charge on any atom is -0.383 e. The van der Waals surface area contributed by atoms with Gasteiger partial charge in [-0.15, -0.1) is 0 Å². The van der Waals surface area contributed by atoms with E-state index in [2.05, 4.69) is 10.3 Å². The maximum absolute atomic E-state index is 11.9. The first kappa shape index (κ1) is 16.8. The van der Waals surface area contributed by atoms with Gasteiger partial charge in [-0.2, -0.15) is 0 Å². The molecule has 6 N–H and O–H groups in total. The maximum Gasteiger partial charge on any atom is 0.330 e. The first-order valence-corrected chi connectivity index (χ1v) is 6.98. The van der Waals surface area contributed by atoms with Gasteiger partial charge in [-0.05, 0) is 12.3 Å². The molecule has 1 atom stereocenters. The fourth-order valence-electron chi connectivity index (χ4n) is 1.99. The number of nitrogens with one attached hydrogen (secondary N) is 2. The minimum absolute atomic E-state index is 0.00297. The topological polar surface area (TPSA) is 136 Å². The van der Waals surface area contributed by atoms with E-state index in [0.29, 0.717) is 6.54 Å². The molecule has 8 nitrogen and oxygen atoms in total. The van der Waals surface area contributed by atoms with Crippen LogP contribution in [0.1, 0.15) is 33.6 Å². The van der Waals surface area contributed by atoms with Crippen LogP contribution in [-0.2, 0) is 11.3 Å². The monoisotopic (exact) mass is 297 g/mol. The lowest BCUT2D eigenvalue weighted by molar-refractivity contribution is -0.119. The number of primary amides is 1. The summed E-state index contributed by atoms with van der Waals surface area (Å²) in [4.78, 5) is 37.3. The number of nitrogen functional groups attached to an aromatic ring is 1. The number of hydrogen-bond donors (Lipinski definition) is 4. The van der Waals surface area contributed by atoms with Crippen LogP contribution in [0.25, 0.3) is 0 Å². The summed E-state index contributed by atoms with van der Waals surface area (Å²) in [6.07, 6.45) is 1.63. The molecule has 0 aliphatic heterocycles. The number of carbonyl (C=O) groups excluding carboxylic acids is 1. The van der Waals surface area contributed by atoms with Gasteiger partial charge in [0.05, 0.1) is 0 Å². The summed E-state index contributed by atoms with van der Waals surface area (Å²) in [6, 6.07) is -0.745. The van der Waals surface area contributed by atoms with E-state index in [9.17, 15) is 14.4 Å². The van der Waals surface area contributed by atoms with Gasteiger partial charge in [0.25, 0.3) is 5.56 Å². The lowest BCUT2D eigenvalue weighted by Crippen LogP contribution is -2.43. The van der Waals surface area contributed by atoms with Crippen molar-refractivity contribution in [3.05, 3.63) is 20.8 Å². The molecule has 0 aliphatic carbocycles. The molecule has 0 fully saturated rings. The zero-order chi connectivity index (χ0) is 16.2. The van der Waals surface area contributed by atoms with Crippen molar-refractivity contribution in [2.75, 3.05) is 11.1 Å². The minimum atomic E-state index is -0.745. The predicted octanol–water partition coefficient (Wildman–Crippen LogP) is -0.159. The summed E-state index contributed by atoms with van der Waals surface area (Å²) >= 11 is 0. The summed E-state index contributed by atoms with van der Waals surface area (Å²) < 4.78 is 1.28. The fraction of sp³-hybridized carbons (Fsp3) is 0.615. The summed E-state index contributed by atoms with van der Waals surface area (Å²) in [7, 11) is 0. The zero-order valence-corrected chi connectivity index (χ0v) is 12.6. The van der Waals surface area contributed by atoms with E-state index in [0.717, 1.165) is 12.8 Å². The molecule has 1 unspecified atom stereocenters. The van der Waals surface area contributed by atoms with Gasteiger partial charge < -0.3 is 16.8 Å². The van der Waals surface area contributed by atoms with Crippen LogP contribution in [0.2, 0.25) is 0 Å². The summed E-state index contributed by atoms with van der Waals surface area (Å²) in [6.45, 7) is 5.96. The quantitative estimate of drug-likeness (QED) is 0.554. The molecular formula is C13H23N5O3. The third kappa shape index (κ3) is 3.87.